The molecule has 3 heterocycles. The van der Waals surface area contributed by atoms with Gasteiger partial charge < -0.3 is 9.73 Å². The summed E-state index contributed by atoms with van der Waals surface area (Å²) in [5.74, 6) is 2.10. The largest absolute Gasteiger partial charge is 0.460 e. The SMILES string of the molecule is O=C(NCc1cccnc1)C1CC12CCN(Cc1ccc(-c3ccccc3Cl)o1)CC2. The Balaban J connectivity index is 1.11. The smallest absolute Gasteiger partial charge is 0.223 e. The third-order valence-corrected chi connectivity index (χ3v) is 7.06. The molecule has 1 atom stereocenters. The van der Waals surface area contributed by atoms with Gasteiger partial charge in [-0.25, -0.2) is 0 Å². The number of nitrogens with zero attached hydrogens (tertiary/aromatic N) is 2. The third kappa shape index (κ3) is 4.39. The van der Waals surface area contributed by atoms with E-state index in [4.69, 9.17) is 16.0 Å². The number of benzene rings is 1. The van der Waals surface area contributed by atoms with Gasteiger partial charge in [0.25, 0.3) is 0 Å². The van der Waals surface area contributed by atoms with Crippen LogP contribution in [0.3, 0.4) is 0 Å². The van der Waals surface area contributed by atoms with E-state index in [9.17, 15) is 4.79 Å². The number of halogens is 1. The highest BCUT2D eigenvalue weighted by molar-refractivity contribution is 6.33. The number of pyridine rings is 1. The average Bonchev–Trinajstić information content (AvgIpc) is 3.30. The van der Waals surface area contributed by atoms with Gasteiger partial charge in [0.05, 0.1) is 11.6 Å². The summed E-state index contributed by atoms with van der Waals surface area (Å²) in [7, 11) is 0. The second-order valence-corrected chi connectivity index (χ2v) is 9.13. The van der Waals surface area contributed by atoms with Gasteiger partial charge in [-0.2, -0.15) is 0 Å². The van der Waals surface area contributed by atoms with Crippen molar-refractivity contribution in [3.05, 3.63) is 77.3 Å². The molecule has 1 aromatic carbocycles. The van der Waals surface area contributed by atoms with Gasteiger partial charge in [0.15, 0.2) is 0 Å². The number of nitrogens with one attached hydrogen (secondary N) is 1. The minimum Gasteiger partial charge on any atom is -0.460 e. The van der Waals surface area contributed by atoms with E-state index in [2.05, 4.69) is 15.2 Å². The van der Waals surface area contributed by atoms with Crippen LogP contribution in [0.4, 0.5) is 0 Å². The number of aromatic nitrogens is 1. The number of hydrogen-bond donors (Lipinski definition) is 1. The van der Waals surface area contributed by atoms with Gasteiger partial charge in [0.2, 0.25) is 5.91 Å². The maximum atomic E-state index is 12.6. The molecule has 5 rings (SSSR count). The van der Waals surface area contributed by atoms with Crippen molar-refractivity contribution in [2.45, 2.75) is 32.4 Å². The monoisotopic (exact) mass is 435 g/mol. The molecule has 160 valence electrons. The summed E-state index contributed by atoms with van der Waals surface area (Å²) >= 11 is 6.29. The molecule has 1 aliphatic heterocycles. The van der Waals surface area contributed by atoms with E-state index in [1.165, 1.54) is 0 Å². The number of carbonyl (C=O) groups is 1. The standard InChI is InChI=1S/C25H26ClN3O2/c26-22-6-2-1-5-20(22)23-8-7-19(31-23)17-29-12-9-25(10-13-29)14-21(25)24(30)28-16-18-4-3-11-27-15-18/h1-8,11,15,21H,9-10,12-14,16-17H2,(H,28,30). The van der Waals surface area contributed by atoms with Crippen molar-refractivity contribution in [3.63, 3.8) is 0 Å². The fourth-order valence-corrected chi connectivity index (χ4v) is 4.96. The lowest BCUT2D eigenvalue weighted by Gasteiger charge is -2.32. The van der Waals surface area contributed by atoms with E-state index >= 15 is 0 Å². The zero-order valence-electron chi connectivity index (χ0n) is 17.4. The van der Waals surface area contributed by atoms with Crippen LogP contribution >= 0.6 is 11.6 Å². The Morgan fingerprint density at radius 3 is 2.77 bits per heavy atom. The first-order valence-electron chi connectivity index (χ1n) is 10.9. The molecule has 1 aliphatic carbocycles. The third-order valence-electron chi connectivity index (χ3n) is 6.73. The Labute approximate surface area is 187 Å². The van der Waals surface area contributed by atoms with Crippen molar-refractivity contribution in [2.24, 2.45) is 11.3 Å². The van der Waals surface area contributed by atoms with Crippen LogP contribution < -0.4 is 5.32 Å². The molecule has 3 aromatic rings. The van der Waals surface area contributed by atoms with Crippen molar-refractivity contribution in [1.29, 1.82) is 0 Å². The highest BCUT2D eigenvalue weighted by Crippen LogP contribution is 2.59. The van der Waals surface area contributed by atoms with Gasteiger partial charge in [0.1, 0.15) is 11.5 Å². The molecule has 31 heavy (non-hydrogen) atoms. The van der Waals surface area contributed by atoms with Gasteiger partial charge in [-0.15, -0.1) is 0 Å². The summed E-state index contributed by atoms with van der Waals surface area (Å²) in [5.41, 5.74) is 2.16. The first kappa shape index (κ1) is 20.3. The molecule has 2 aromatic heterocycles. The number of rotatable bonds is 6. The zero-order chi connectivity index (χ0) is 21.3. The van der Waals surface area contributed by atoms with E-state index in [1.807, 2.05) is 48.5 Å². The predicted octanol–water partition coefficient (Wildman–Crippen LogP) is 4.91. The Bertz CT molecular complexity index is 1060. The van der Waals surface area contributed by atoms with Gasteiger partial charge in [-0.05, 0) is 73.7 Å². The van der Waals surface area contributed by atoms with Crippen molar-refractivity contribution in [3.8, 4) is 11.3 Å². The molecule has 2 fully saturated rings. The lowest BCUT2D eigenvalue weighted by Crippen LogP contribution is -2.36. The molecule has 6 heteroatoms. The summed E-state index contributed by atoms with van der Waals surface area (Å²) in [6, 6.07) is 15.6. The molecule has 1 unspecified atom stereocenters. The minimum atomic E-state index is 0.154. The van der Waals surface area contributed by atoms with Crippen LogP contribution in [0.1, 0.15) is 30.6 Å². The molecule has 1 saturated carbocycles. The molecule has 5 nitrogen and oxygen atoms in total. The maximum Gasteiger partial charge on any atom is 0.223 e. The topological polar surface area (TPSA) is 58.4 Å². The molecule has 2 aliphatic rings. The normalized spacial score (nSPS) is 20.0. The highest BCUT2D eigenvalue weighted by atomic mass is 35.5. The van der Waals surface area contributed by atoms with Crippen LogP contribution in [0.5, 0.6) is 0 Å². The Hall–Kier alpha value is -2.63. The molecular weight excluding hydrogens is 410 g/mol. The lowest BCUT2D eigenvalue weighted by molar-refractivity contribution is -0.123. The van der Waals surface area contributed by atoms with Crippen molar-refractivity contribution >= 4 is 17.5 Å². The molecule has 1 N–H and O–H groups in total. The van der Waals surface area contributed by atoms with E-state index in [1.54, 1.807) is 12.4 Å². The van der Waals surface area contributed by atoms with Crippen LogP contribution in [0, 0.1) is 11.3 Å². The average molecular weight is 436 g/mol. The molecule has 1 spiro atoms. The van der Waals surface area contributed by atoms with Crippen LogP contribution in [0.25, 0.3) is 11.3 Å². The fourth-order valence-electron chi connectivity index (χ4n) is 4.73. The van der Waals surface area contributed by atoms with Crippen molar-refractivity contribution < 1.29 is 9.21 Å². The van der Waals surface area contributed by atoms with E-state index < -0.39 is 0 Å². The van der Waals surface area contributed by atoms with E-state index in [0.717, 1.165) is 61.5 Å². The number of furan rings is 1. The molecule has 0 radical (unpaired) electrons. The quantitative estimate of drug-likeness (QED) is 0.597. The molecular formula is C25H26ClN3O2. The van der Waals surface area contributed by atoms with Crippen LogP contribution in [0.15, 0.2) is 65.3 Å². The number of hydrogen-bond acceptors (Lipinski definition) is 4. The number of carbonyl (C=O) groups excluding carboxylic acids is 1. The summed E-state index contributed by atoms with van der Waals surface area (Å²) in [5, 5.41) is 3.79. The lowest BCUT2D eigenvalue weighted by atomic mass is 9.90. The van der Waals surface area contributed by atoms with Gasteiger partial charge in [0, 0.05) is 30.4 Å². The van der Waals surface area contributed by atoms with Crippen molar-refractivity contribution in [1.82, 2.24) is 15.2 Å². The Morgan fingerprint density at radius 2 is 2.00 bits per heavy atom. The van der Waals surface area contributed by atoms with Crippen LogP contribution in [-0.2, 0) is 17.9 Å². The summed E-state index contributed by atoms with van der Waals surface area (Å²) < 4.78 is 6.06. The van der Waals surface area contributed by atoms with Gasteiger partial charge in [-0.1, -0.05) is 29.8 Å². The van der Waals surface area contributed by atoms with Gasteiger partial charge in [-0.3, -0.25) is 14.7 Å². The van der Waals surface area contributed by atoms with Crippen LogP contribution in [0.2, 0.25) is 5.02 Å². The summed E-state index contributed by atoms with van der Waals surface area (Å²) in [6.07, 6.45) is 6.69. The number of likely N-dealkylation sites (tertiary alicyclic amines) is 1. The summed E-state index contributed by atoms with van der Waals surface area (Å²) in [6.45, 7) is 3.33. The van der Waals surface area contributed by atoms with E-state index in [-0.39, 0.29) is 17.2 Å². The number of piperidine rings is 1. The summed E-state index contributed by atoms with van der Waals surface area (Å²) in [4.78, 5) is 19.1. The van der Waals surface area contributed by atoms with Crippen LogP contribution in [-0.4, -0.2) is 28.9 Å². The second kappa shape index (κ2) is 8.48. The number of amides is 1. The Morgan fingerprint density at radius 1 is 1.16 bits per heavy atom. The van der Waals surface area contributed by atoms with E-state index in [0.29, 0.717) is 11.6 Å². The molecule has 1 saturated heterocycles. The minimum absolute atomic E-state index is 0.154. The second-order valence-electron chi connectivity index (χ2n) is 8.72. The van der Waals surface area contributed by atoms with Gasteiger partial charge >= 0.3 is 0 Å². The zero-order valence-corrected chi connectivity index (χ0v) is 18.1. The maximum absolute atomic E-state index is 12.6. The van der Waals surface area contributed by atoms with Crippen molar-refractivity contribution in [2.75, 3.05) is 13.1 Å². The Kier molecular flexibility index (Phi) is 5.55. The fraction of sp³-hybridized carbons (Fsp3) is 0.360. The first-order valence-corrected chi connectivity index (χ1v) is 11.2. The molecule has 1 amide bonds. The first-order chi connectivity index (χ1) is 15.1. The molecule has 0 bridgehead atoms. The highest BCUT2D eigenvalue weighted by Gasteiger charge is 2.58. The predicted molar refractivity (Wildman–Crippen MR) is 120 cm³/mol.